The van der Waals surface area contributed by atoms with Crippen molar-refractivity contribution in [3.05, 3.63) is 24.3 Å². The SMILES string of the molecule is CC1CCN(S(=O)(=O)c2cccc(N3C(N)=NC(N)=NC34CCCCC4)c2)CC1. The van der Waals surface area contributed by atoms with Crippen molar-refractivity contribution in [1.29, 1.82) is 0 Å². The first-order valence-electron chi connectivity index (χ1n) is 10.4. The quantitative estimate of drug-likeness (QED) is 0.780. The zero-order chi connectivity index (χ0) is 20.6. The maximum atomic E-state index is 13.2. The monoisotopic (exact) mass is 418 g/mol. The Morgan fingerprint density at radius 3 is 2.48 bits per heavy atom. The van der Waals surface area contributed by atoms with Gasteiger partial charge < -0.3 is 11.5 Å². The van der Waals surface area contributed by atoms with Crippen LogP contribution < -0.4 is 16.4 Å². The molecule has 2 heterocycles. The molecule has 0 unspecified atom stereocenters. The van der Waals surface area contributed by atoms with E-state index in [1.54, 1.807) is 22.5 Å². The van der Waals surface area contributed by atoms with Gasteiger partial charge in [-0.25, -0.2) is 13.4 Å². The number of rotatable bonds is 3. The number of hydrogen-bond donors (Lipinski definition) is 2. The average molecular weight is 419 g/mol. The van der Waals surface area contributed by atoms with Crippen molar-refractivity contribution in [1.82, 2.24) is 4.31 Å². The maximum Gasteiger partial charge on any atom is 0.243 e. The standard InChI is InChI=1S/C20H30N6O2S/c1-15-8-12-25(13-9-15)29(27,28)17-7-5-6-16(14-17)26-19(22)23-18(21)24-20(26)10-3-2-4-11-20/h5-7,14-15H,2-4,8-13H2,1H3,(H4,21,22,23,24). The predicted molar refractivity (Wildman–Crippen MR) is 115 cm³/mol. The third-order valence-electron chi connectivity index (χ3n) is 6.31. The lowest BCUT2D eigenvalue weighted by atomic mass is 9.87. The fourth-order valence-electron chi connectivity index (χ4n) is 4.65. The van der Waals surface area contributed by atoms with Crippen LogP contribution in [0.1, 0.15) is 51.9 Å². The van der Waals surface area contributed by atoms with Gasteiger partial charge in [-0.15, -0.1) is 0 Å². The summed E-state index contributed by atoms with van der Waals surface area (Å²) in [5, 5.41) is 0. The van der Waals surface area contributed by atoms with Crippen LogP contribution in [0.2, 0.25) is 0 Å². The molecule has 3 aliphatic rings. The molecule has 0 radical (unpaired) electrons. The summed E-state index contributed by atoms with van der Waals surface area (Å²) in [5.41, 5.74) is 12.3. The van der Waals surface area contributed by atoms with Crippen molar-refractivity contribution in [2.45, 2.75) is 62.4 Å². The number of guanidine groups is 2. The normalized spacial score (nSPS) is 23.7. The Hall–Kier alpha value is -2.13. The van der Waals surface area contributed by atoms with Crippen LogP contribution in [0, 0.1) is 5.92 Å². The number of nitrogens with zero attached hydrogens (tertiary/aromatic N) is 4. The number of hydrogen-bond acceptors (Lipinski definition) is 7. The highest BCUT2D eigenvalue weighted by atomic mass is 32.2. The number of aliphatic imine (C=N–C) groups is 2. The van der Waals surface area contributed by atoms with E-state index in [0.717, 1.165) is 44.9 Å². The predicted octanol–water partition coefficient (Wildman–Crippen LogP) is 2.22. The lowest BCUT2D eigenvalue weighted by Gasteiger charge is -2.45. The molecule has 1 aromatic rings. The van der Waals surface area contributed by atoms with E-state index in [1.165, 1.54) is 0 Å². The molecule has 158 valence electrons. The molecule has 1 spiro atoms. The molecule has 0 bridgehead atoms. The third-order valence-corrected chi connectivity index (χ3v) is 8.20. The number of anilines is 1. The van der Waals surface area contributed by atoms with Gasteiger partial charge in [0.1, 0.15) is 5.66 Å². The van der Waals surface area contributed by atoms with Gasteiger partial charge >= 0.3 is 0 Å². The van der Waals surface area contributed by atoms with E-state index in [9.17, 15) is 8.42 Å². The van der Waals surface area contributed by atoms with Crippen LogP contribution in [0.25, 0.3) is 0 Å². The molecule has 4 N–H and O–H groups in total. The molecule has 0 atom stereocenters. The summed E-state index contributed by atoms with van der Waals surface area (Å²) in [6.45, 7) is 3.29. The zero-order valence-electron chi connectivity index (χ0n) is 16.9. The van der Waals surface area contributed by atoms with Gasteiger partial charge in [0.25, 0.3) is 0 Å². The summed E-state index contributed by atoms with van der Waals surface area (Å²) < 4.78 is 28.0. The van der Waals surface area contributed by atoms with Crippen LogP contribution in [0.3, 0.4) is 0 Å². The summed E-state index contributed by atoms with van der Waals surface area (Å²) in [5.74, 6) is 1.01. The Labute approximate surface area is 172 Å². The molecular weight excluding hydrogens is 388 g/mol. The van der Waals surface area contributed by atoms with Gasteiger partial charge in [0.15, 0.2) is 0 Å². The van der Waals surface area contributed by atoms with Gasteiger partial charge in [-0.2, -0.15) is 9.30 Å². The molecule has 2 fully saturated rings. The van der Waals surface area contributed by atoms with Crippen molar-refractivity contribution < 1.29 is 8.42 Å². The highest BCUT2D eigenvalue weighted by molar-refractivity contribution is 7.89. The zero-order valence-corrected chi connectivity index (χ0v) is 17.7. The maximum absolute atomic E-state index is 13.2. The Bertz CT molecular complexity index is 928. The summed E-state index contributed by atoms with van der Waals surface area (Å²) in [6.07, 6.45) is 6.58. The van der Waals surface area contributed by atoms with E-state index in [2.05, 4.69) is 16.9 Å². The van der Waals surface area contributed by atoms with Crippen molar-refractivity contribution in [3.63, 3.8) is 0 Å². The van der Waals surface area contributed by atoms with Gasteiger partial charge in [-0.3, -0.25) is 4.90 Å². The summed E-state index contributed by atoms with van der Waals surface area (Å²) in [4.78, 5) is 11.0. The summed E-state index contributed by atoms with van der Waals surface area (Å²) in [6, 6.07) is 6.98. The first kappa shape index (κ1) is 20.2. The molecular formula is C20H30N6O2S. The van der Waals surface area contributed by atoms with Crippen LogP contribution >= 0.6 is 0 Å². The Morgan fingerprint density at radius 1 is 1.10 bits per heavy atom. The molecule has 1 saturated heterocycles. The minimum atomic E-state index is -3.55. The topological polar surface area (TPSA) is 117 Å². The van der Waals surface area contributed by atoms with Crippen molar-refractivity contribution in [3.8, 4) is 0 Å². The smallest absolute Gasteiger partial charge is 0.243 e. The van der Waals surface area contributed by atoms with E-state index in [4.69, 9.17) is 11.5 Å². The molecule has 0 aromatic heterocycles. The first-order valence-corrected chi connectivity index (χ1v) is 11.9. The largest absolute Gasteiger partial charge is 0.369 e. The van der Waals surface area contributed by atoms with Gasteiger partial charge in [-0.05, 0) is 62.6 Å². The molecule has 9 heteroatoms. The molecule has 29 heavy (non-hydrogen) atoms. The van der Waals surface area contributed by atoms with E-state index in [1.807, 2.05) is 11.0 Å². The van der Waals surface area contributed by atoms with Crippen molar-refractivity contribution in [2.75, 3.05) is 18.0 Å². The second kappa shape index (κ2) is 7.60. The number of benzene rings is 1. The molecule has 1 aliphatic carbocycles. The molecule has 1 saturated carbocycles. The van der Waals surface area contributed by atoms with Gasteiger partial charge in [0.2, 0.25) is 21.9 Å². The number of sulfonamides is 1. The lowest BCUT2D eigenvalue weighted by Crippen LogP contribution is -2.58. The van der Waals surface area contributed by atoms with Crippen LogP contribution in [-0.4, -0.2) is 43.4 Å². The molecule has 0 amide bonds. The van der Waals surface area contributed by atoms with Crippen LogP contribution in [0.15, 0.2) is 39.1 Å². The fourth-order valence-corrected chi connectivity index (χ4v) is 6.16. The van der Waals surface area contributed by atoms with Gasteiger partial charge in [0, 0.05) is 18.8 Å². The average Bonchev–Trinajstić information content (AvgIpc) is 2.68. The Morgan fingerprint density at radius 2 is 1.79 bits per heavy atom. The second-order valence-electron chi connectivity index (χ2n) is 8.40. The second-order valence-corrected chi connectivity index (χ2v) is 10.3. The fraction of sp³-hybridized carbons (Fsp3) is 0.600. The number of piperidine rings is 1. The van der Waals surface area contributed by atoms with E-state index < -0.39 is 15.7 Å². The highest BCUT2D eigenvalue weighted by Crippen LogP contribution is 2.40. The minimum absolute atomic E-state index is 0.187. The highest BCUT2D eigenvalue weighted by Gasteiger charge is 2.43. The Kier molecular flexibility index (Phi) is 5.29. The van der Waals surface area contributed by atoms with Gasteiger partial charge in [-0.1, -0.05) is 19.4 Å². The van der Waals surface area contributed by atoms with E-state index in [-0.39, 0.29) is 16.8 Å². The first-order chi connectivity index (χ1) is 13.8. The van der Waals surface area contributed by atoms with E-state index >= 15 is 0 Å². The van der Waals surface area contributed by atoms with Crippen LogP contribution in [-0.2, 0) is 10.0 Å². The number of nitrogens with two attached hydrogens (primary N) is 2. The molecule has 2 aliphatic heterocycles. The van der Waals surface area contributed by atoms with Crippen LogP contribution in [0.4, 0.5) is 5.69 Å². The summed E-state index contributed by atoms with van der Waals surface area (Å²) >= 11 is 0. The van der Waals surface area contributed by atoms with Gasteiger partial charge in [0.05, 0.1) is 4.90 Å². The van der Waals surface area contributed by atoms with Crippen molar-refractivity contribution >= 4 is 27.6 Å². The van der Waals surface area contributed by atoms with E-state index in [0.29, 0.717) is 24.7 Å². The Balaban J connectivity index is 1.70. The van der Waals surface area contributed by atoms with Crippen molar-refractivity contribution in [2.24, 2.45) is 27.4 Å². The molecule has 1 aromatic carbocycles. The van der Waals surface area contributed by atoms with Crippen LogP contribution in [0.5, 0.6) is 0 Å². The minimum Gasteiger partial charge on any atom is -0.369 e. The lowest BCUT2D eigenvalue weighted by molar-refractivity contribution is 0.288. The molecule has 8 nitrogen and oxygen atoms in total. The third kappa shape index (κ3) is 3.73. The molecule has 4 rings (SSSR count). The summed E-state index contributed by atoms with van der Waals surface area (Å²) in [7, 11) is -3.55.